The first-order valence-corrected chi connectivity index (χ1v) is 7.90. The Balaban J connectivity index is 2.35. The molecule has 0 aliphatic heterocycles. The molecule has 0 saturated carbocycles. The van der Waals surface area contributed by atoms with Crippen LogP contribution in [-0.2, 0) is 30.4 Å². The number of benzene rings is 1. The lowest BCUT2D eigenvalue weighted by atomic mass is 10.2. The molecule has 0 saturated heterocycles. The molecular formula is C17H24N2O6. The normalized spacial score (nSPS) is 11.3. The van der Waals surface area contributed by atoms with Crippen molar-refractivity contribution in [2.45, 2.75) is 25.5 Å². The minimum atomic E-state index is -0.883. The standard InChI is InChI=1S/C17H24N2O6/c1-18-16(21)14(12-24-10-6-9-15(20)23-2)19-17(22)25-11-13-7-4-3-5-8-13/h3-5,7-8,14H,6,9-12H2,1-2H3,(H,18,21)(H,19,22)/t14-/m0/s1. The Hall–Kier alpha value is -2.61. The van der Waals surface area contributed by atoms with Crippen LogP contribution in [0.2, 0.25) is 0 Å². The average molecular weight is 352 g/mol. The van der Waals surface area contributed by atoms with Crippen molar-refractivity contribution in [2.75, 3.05) is 27.4 Å². The van der Waals surface area contributed by atoms with E-state index in [1.54, 1.807) is 0 Å². The summed E-state index contributed by atoms with van der Waals surface area (Å²) in [5.74, 6) is -0.723. The summed E-state index contributed by atoms with van der Waals surface area (Å²) in [6.07, 6.45) is -0.0187. The van der Waals surface area contributed by atoms with Crippen molar-refractivity contribution in [3.05, 3.63) is 35.9 Å². The second kappa shape index (κ2) is 11.9. The van der Waals surface area contributed by atoms with Crippen LogP contribution in [0.1, 0.15) is 18.4 Å². The summed E-state index contributed by atoms with van der Waals surface area (Å²) in [5.41, 5.74) is 0.841. The van der Waals surface area contributed by atoms with E-state index in [9.17, 15) is 14.4 Å². The molecule has 8 nitrogen and oxygen atoms in total. The highest BCUT2D eigenvalue weighted by molar-refractivity contribution is 5.85. The molecule has 138 valence electrons. The third kappa shape index (κ3) is 8.71. The highest BCUT2D eigenvalue weighted by Crippen LogP contribution is 2.01. The van der Waals surface area contributed by atoms with E-state index >= 15 is 0 Å². The van der Waals surface area contributed by atoms with Crippen molar-refractivity contribution in [2.24, 2.45) is 0 Å². The summed E-state index contributed by atoms with van der Waals surface area (Å²) in [6, 6.07) is 8.31. The van der Waals surface area contributed by atoms with Gasteiger partial charge in [0.2, 0.25) is 5.91 Å². The fraction of sp³-hybridized carbons (Fsp3) is 0.471. The lowest BCUT2D eigenvalue weighted by Gasteiger charge is -2.17. The Morgan fingerprint density at radius 3 is 2.52 bits per heavy atom. The first kappa shape index (κ1) is 20.4. The number of rotatable bonds is 10. The van der Waals surface area contributed by atoms with Crippen LogP contribution in [0.4, 0.5) is 4.79 Å². The number of hydrogen-bond acceptors (Lipinski definition) is 6. The van der Waals surface area contributed by atoms with Gasteiger partial charge < -0.3 is 24.8 Å². The van der Waals surface area contributed by atoms with Gasteiger partial charge >= 0.3 is 12.1 Å². The Kier molecular flexibility index (Phi) is 9.69. The second-order valence-electron chi connectivity index (χ2n) is 5.13. The fourth-order valence-electron chi connectivity index (χ4n) is 1.89. The van der Waals surface area contributed by atoms with E-state index in [0.717, 1.165) is 5.56 Å². The van der Waals surface area contributed by atoms with Gasteiger partial charge in [-0.05, 0) is 12.0 Å². The van der Waals surface area contributed by atoms with Crippen molar-refractivity contribution >= 4 is 18.0 Å². The summed E-state index contributed by atoms with van der Waals surface area (Å²) in [5, 5.41) is 4.91. The third-order valence-corrected chi connectivity index (χ3v) is 3.25. The SMILES string of the molecule is CNC(=O)[C@H](COCCCC(=O)OC)NC(=O)OCc1ccccc1. The molecule has 0 spiro atoms. The van der Waals surface area contributed by atoms with Crippen molar-refractivity contribution in [3.8, 4) is 0 Å². The third-order valence-electron chi connectivity index (χ3n) is 3.25. The van der Waals surface area contributed by atoms with Crippen molar-refractivity contribution < 1.29 is 28.6 Å². The molecule has 8 heteroatoms. The van der Waals surface area contributed by atoms with Gasteiger partial charge in [0.25, 0.3) is 0 Å². The largest absolute Gasteiger partial charge is 0.469 e. The van der Waals surface area contributed by atoms with Gasteiger partial charge in [-0.1, -0.05) is 30.3 Å². The number of alkyl carbamates (subject to hydrolysis) is 1. The van der Waals surface area contributed by atoms with Crippen molar-refractivity contribution in [1.29, 1.82) is 0 Å². The zero-order chi connectivity index (χ0) is 18.5. The number of carbonyl (C=O) groups excluding carboxylic acids is 3. The quantitative estimate of drug-likeness (QED) is 0.481. The maximum atomic E-state index is 11.8. The summed E-state index contributed by atoms with van der Waals surface area (Å²) in [7, 11) is 2.78. The van der Waals surface area contributed by atoms with E-state index < -0.39 is 18.0 Å². The molecule has 0 bridgehead atoms. The van der Waals surface area contributed by atoms with E-state index in [0.29, 0.717) is 6.42 Å². The number of carbonyl (C=O) groups is 3. The molecule has 0 radical (unpaired) electrons. The van der Waals surface area contributed by atoms with Gasteiger partial charge in [-0.2, -0.15) is 0 Å². The Bertz CT molecular complexity index is 549. The molecule has 0 aliphatic carbocycles. The zero-order valence-electron chi connectivity index (χ0n) is 14.4. The number of ether oxygens (including phenoxy) is 3. The molecule has 25 heavy (non-hydrogen) atoms. The number of likely N-dealkylation sites (N-methyl/N-ethyl adjacent to an activating group) is 1. The summed E-state index contributed by atoms with van der Waals surface area (Å²) in [4.78, 5) is 34.6. The predicted molar refractivity (Wildman–Crippen MR) is 89.7 cm³/mol. The van der Waals surface area contributed by atoms with E-state index in [2.05, 4.69) is 15.4 Å². The molecule has 0 fully saturated rings. The first-order chi connectivity index (χ1) is 12.1. The van der Waals surface area contributed by atoms with Crippen molar-refractivity contribution in [1.82, 2.24) is 10.6 Å². The Labute approximate surface area is 146 Å². The molecule has 0 heterocycles. The van der Waals surface area contributed by atoms with Crippen LogP contribution in [0.3, 0.4) is 0 Å². The van der Waals surface area contributed by atoms with Crippen LogP contribution in [-0.4, -0.2) is 51.4 Å². The highest BCUT2D eigenvalue weighted by Gasteiger charge is 2.20. The lowest BCUT2D eigenvalue weighted by Crippen LogP contribution is -2.48. The molecule has 0 aromatic heterocycles. The second-order valence-corrected chi connectivity index (χ2v) is 5.13. The molecule has 1 atom stereocenters. The van der Waals surface area contributed by atoms with Crippen LogP contribution >= 0.6 is 0 Å². The predicted octanol–water partition coefficient (Wildman–Crippen LogP) is 0.997. The van der Waals surface area contributed by atoms with Gasteiger partial charge in [0.05, 0.1) is 13.7 Å². The van der Waals surface area contributed by atoms with Gasteiger partial charge in [-0.25, -0.2) is 4.79 Å². The molecule has 1 aromatic carbocycles. The van der Waals surface area contributed by atoms with Crippen molar-refractivity contribution in [3.63, 3.8) is 0 Å². The molecule has 2 amide bonds. The first-order valence-electron chi connectivity index (χ1n) is 7.90. The van der Waals surface area contributed by atoms with Crippen LogP contribution in [0.5, 0.6) is 0 Å². The monoisotopic (exact) mass is 352 g/mol. The Morgan fingerprint density at radius 1 is 1.16 bits per heavy atom. The van der Waals surface area contributed by atoms with Gasteiger partial charge in [0.15, 0.2) is 0 Å². The van der Waals surface area contributed by atoms with Gasteiger partial charge in [-0.15, -0.1) is 0 Å². The number of amides is 2. The van der Waals surface area contributed by atoms with E-state index in [4.69, 9.17) is 9.47 Å². The molecule has 1 aromatic rings. The molecule has 2 N–H and O–H groups in total. The van der Waals surface area contributed by atoms with Crippen LogP contribution < -0.4 is 10.6 Å². The smallest absolute Gasteiger partial charge is 0.408 e. The molecular weight excluding hydrogens is 328 g/mol. The van der Waals surface area contributed by atoms with Gasteiger partial charge in [-0.3, -0.25) is 9.59 Å². The number of methoxy groups -OCH3 is 1. The zero-order valence-corrected chi connectivity index (χ0v) is 14.4. The maximum absolute atomic E-state index is 11.8. The topological polar surface area (TPSA) is 103 Å². The minimum Gasteiger partial charge on any atom is -0.469 e. The van der Waals surface area contributed by atoms with Gasteiger partial charge in [0.1, 0.15) is 12.6 Å². The van der Waals surface area contributed by atoms with E-state index in [-0.39, 0.29) is 32.2 Å². The molecule has 0 aliphatic rings. The number of esters is 1. The Morgan fingerprint density at radius 2 is 1.88 bits per heavy atom. The minimum absolute atomic E-state index is 0.0265. The highest BCUT2D eigenvalue weighted by atomic mass is 16.5. The summed E-state index contributed by atoms with van der Waals surface area (Å²) in [6.45, 7) is 0.345. The van der Waals surface area contributed by atoms with Crippen LogP contribution in [0.15, 0.2) is 30.3 Å². The summed E-state index contributed by atoms with van der Waals surface area (Å²) >= 11 is 0. The van der Waals surface area contributed by atoms with E-state index in [1.807, 2.05) is 30.3 Å². The average Bonchev–Trinajstić information content (AvgIpc) is 2.65. The maximum Gasteiger partial charge on any atom is 0.408 e. The molecule has 1 rings (SSSR count). The summed E-state index contributed by atoms with van der Waals surface area (Å²) < 4.78 is 14.9. The van der Waals surface area contributed by atoms with E-state index in [1.165, 1.54) is 14.2 Å². The lowest BCUT2D eigenvalue weighted by molar-refractivity contribution is -0.141. The van der Waals surface area contributed by atoms with Gasteiger partial charge in [0, 0.05) is 20.1 Å². The number of hydrogen-bond donors (Lipinski definition) is 2. The molecule has 0 unspecified atom stereocenters. The van der Waals surface area contributed by atoms with Crippen LogP contribution in [0, 0.1) is 0 Å². The number of nitrogens with one attached hydrogen (secondary N) is 2. The van der Waals surface area contributed by atoms with Crippen LogP contribution in [0.25, 0.3) is 0 Å². The fourth-order valence-corrected chi connectivity index (χ4v) is 1.89.